The fourth-order valence-electron chi connectivity index (χ4n) is 17.8. The number of hydrogen-bond donors (Lipinski definition) is 6. The van der Waals surface area contributed by atoms with Gasteiger partial charge in [0, 0.05) is 126 Å². The van der Waals surface area contributed by atoms with Crippen molar-refractivity contribution in [2.24, 2.45) is 64.9 Å². The number of aliphatic hydroxyl groups excluding tert-OH is 1. The van der Waals surface area contributed by atoms with Crippen LogP contribution in [0.5, 0.6) is 0 Å². The Morgan fingerprint density at radius 1 is 0.596 bits per heavy atom. The molecule has 8 amide bonds. The van der Waals surface area contributed by atoms with Crippen LogP contribution in [0.1, 0.15) is 207 Å². The van der Waals surface area contributed by atoms with Crippen molar-refractivity contribution in [3.05, 3.63) is 166 Å². The van der Waals surface area contributed by atoms with Gasteiger partial charge in [-0.1, -0.05) is 190 Å². The second-order valence-corrected chi connectivity index (χ2v) is 39.5. The van der Waals surface area contributed by atoms with Crippen LogP contribution in [0.4, 0.5) is 15.3 Å². The molecule has 31 nitrogen and oxygen atoms in total. The van der Waals surface area contributed by atoms with Gasteiger partial charge in [-0.2, -0.15) is 0 Å². The van der Waals surface area contributed by atoms with Gasteiger partial charge in [-0.15, -0.1) is 0 Å². The second kappa shape index (κ2) is 57.4. The van der Waals surface area contributed by atoms with Gasteiger partial charge < -0.3 is 84.7 Å². The summed E-state index contributed by atoms with van der Waals surface area (Å²) >= 11 is 0. The number of benzene rings is 5. The zero-order valence-electron chi connectivity index (χ0n) is 82.6. The third-order valence-corrected chi connectivity index (χ3v) is 28.0. The number of hydrogen-bond acceptors (Lipinski definition) is 23. The van der Waals surface area contributed by atoms with Gasteiger partial charge >= 0.3 is 12.1 Å². The summed E-state index contributed by atoms with van der Waals surface area (Å²) < 4.78 is 74.6. The number of nitrogens with zero attached hydrogens (tertiary/aromatic N) is 3. The van der Waals surface area contributed by atoms with Crippen molar-refractivity contribution in [3.63, 3.8) is 0 Å². The summed E-state index contributed by atoms with van der Waals surface area (Å²) in [6, 6.07) is 31.7. The third-order valence-electron chi connectivity index (χ3n) is 26.1. The highest BCUT2D eigenvalue weighted by Crippen LogP contribution is 2.35. The lowest BCUT2D eigenvalue weighted by atomic mass is 9.83. The summed E-state index contributed by atoms with van der Waals surface area (Å²) in [5.41, 5.74) is 10.1. The van der Waals surface area contributed by atoms with Crippen molar-refractivity contribution < 1.29 is 109 Å². The number of rotatable bonds is 52. The van der Waals surface area contributed by atoms with Crippen molar-refractivity contribution in [2.75, 3.05) is 118 Å². The van der Waals surface area contributed by atoms with Crippen LogP contribution in [0, 0.1) is 73.0 Å². The Labute approximate surface area is 804 Å². The number of likely N-dealkylation sites (N-methyl/N-ethyl adjacent to an activating group) is 2. The van der Waals surface area contributed by atoms with Gasteiger partial charge in [-0.05, 0) is 129 Å². The maximum atomic E-state index is 15.1. The van der Waals surface area contributed by atoms with Crippen LogP contribution < -0.4 is 27.0 Å². The van der Waals surface area contributed by atoms with E-state index in [-0.39, 0.29) is 168 Å². The maximum absolute atomic E-state index is 15.1. The second-order valence-electron chi connectivity index (χ2n) is 37.5. The molecule has 15 atom stereocenters. The number of likely N-dealkylation sites (tertiary alicyclic amines) is 1. The number of Topliss-reactive ketones (excluding diaryl/α,β-unsaturated/α-hetero) is 5. The number of aryl methyl sites for hydroxylation is 3. The summed E-state index contributed by atoms with van der Waals surface area (Å²) in [6.07, 6.45) is -2.36. The monoisotopic (exact) mass is 1910 g/mol. The van der Waals surface area contributed by atoms with Crippen LogP contribution >= 0.6 is 0 Å². The zero-order chi connectivity index (χ0) is 99.9. The molecule has 0 aromatic heterocycles. The Hall–Kier alpha value is -10.0. The van der Waals surface area contributed by atoms with E-state index >= 15 is 4.79 Å². The first-order chi connectivity index (χ1) is 64.8. The molecule has 2 saturated heterocycles. The van der Waals surface area contributed by atoms with E-state index < -0.39 is 159 Å². The molecule has 0 bridgehead atoms. The number of carbonyl (C=O) groups is 12. The number of ether oxygens (including phenoxy) is 8. The SMILES string of the molecule is CC[C@H](C)[C@@H]([C@@H](CC(=O)N1CCC[C@H]1[C@H](OC)[C@@H](C)C(=O)C[C@H](C)[C@@H](O)c1ccccc1)OC)N(C)C(=O)[C@@H](CC(=O)[C@H](C(C)C)N(C)C(=O)OCc1ccc(NC(=O)[C@H](CCCNC(N)=O)CC(=O)[C@@H](NC(=O)CC[C@H](CC(=O)c2ccc(C(=O)C(CCc3ccc(C)cc3)CS(=O)(=O)c3ccc(C)cc3)cc2)C(=O)NCC2COCCOCCOCCOCCO2)C(C)C)cc1)C(C)C. The molecule has 2 heterocycles. The van der Waals surface area contributed by atoms with E-state index in [1.54, 1.807) is 88.1 Å². The highest BCUT2D eigenvalue weighted by molar-refractivity contribution is 7.91. The first-order valence-electron chi connectivity index (χ1n) is 48.0. The number of nitrogens with two attached hydrogens (primary N) is 1. The Morgan fingerprint density at radius 2 is 1.19 bits per heavy atom. The van der Waals surface area contributed by atoms with Gasteiger partial charge in [0.15, 0.2) is 33.0 Å². The largest absolute Gasteiger partial charge is 0.445 e. The molecule has 2 aliphatic heterocycles. The lowest BCUT2D eigenvalue weighted by molar-refractivity contribution is -0.149. The Kier molecular flexibility index (Phi) is 47.7. The van der Waals surface area contributed by atoms with Gasteiger partial charge in [-0.25, -0.2) is 18.0 Å². The van der Waals surface area contributed by atoms with Crippen LogP contribution in [0.15, 0.2) is 132 Å². The van der Waals surface area contributed by atoms with Crippen LogP contribution in [0.3, 0.4) is 0 Å². The minimum absolute atomic E-state index is 0.0544. The van der Waals surface area contributed by atoms with Gasteiger partial charge in [0.2, 0.25) is 29.5 Å². The molecule has 7 rings (SSSR count). The molecule has 2 fully saturated rings. The normalized spacial score (nSPS) is 17.7. The molecule has 0 spiro atoms. The molecular weight excluding hydrogens is 1760 g/mol. The number of primary amides is 1. The maximum Gasteiger partial charge on any atom is 0.410 e. The van der Waals surface area contributed by atoms with E-state index in [0.29, 0.717) is 69.9 Å². The van der Waals surface area contributed by atoms with Crippen LogP contribution in [0.25, 0.3) is 0 Å². The smallest absolute Gasteiger partial charge is 0.410 e. The molecule has 5 aromatic carbocycles. The van der Waals surface area contributed by atoms with Crippen molar-refractivity contribution in [1.29, 1.82) is 0 Å². The molecule has 7 N–H and O–H groups in total. The minimum atomic E-state index is -3.94. The summed E-state index contributed by atoms with van der Waals surface area (Å²) in [5.74, 6) is -11.1. The number of carbonyl (C=O) groups excluding carboxylic acids is 12. The quantitative estimate of drug-likeness (QED) is 0.0155. The number of urea groups is 1. The van der Waals surface area contributed by atoms with Crippen molar-refractivity contribution in [3.8, 4) is 0 Å². The number of ketones is 5. The molecule has 0 radical (unpaired) electrons. The first kappa shape index (κ1) is 113. The summed E-state index contributed by atoms with van der Waals surface area (Å²) in [7, 11) is 2.26. The third kappa shape index (κ3) is 35.8. The summed E-state index contributed by atoms with van der Waals surface area (Å²) in [5, 5.41) is 22.2. The van der Waals surface area contributed by atoms with Gasteiger partial charge in [-0.3, -0.25) is 47.9 Å². The van der Waals surface area contributed by atoms with Crippen molar-refractivity contribution in [1.82, 2.24) is 30.7 Å². The van der Waals surface area contributed by atoms with E-state index in [1.165, 1.54) is 55.5 Å². The fraction of sp³-hybridized carbons (Fsp3) is 0.596. The lowest BCUT2D eigenvalue weighted by Gasteiger charge is -2.41. The molecule has 136 heavy (non-hydrogen) atoms. The van der Waals surface area contributed by atoms with E-state index in [2.05, 4.69) is 21.3 Å². The molecule has 5 aromatic rings. The standard InChI is InChI=1S/C104H150N8O23S/c1-17-71(10)96(91(128-15)61-93(118)112-48-22-26-86(112)99(129-16)73(12)87(113)57-72(11)97(119)77-23-19-18-20-24-77)110(13)102(123)85(66(2)3)60-90(116)95(68(6)7)111(14)104(125)135-63-75-34-42-82(43-35-75)108-101(122)79(25-21-47-106-103(105)124)59-89(115)94(67(4)5)109-92(117)46-41-80(100(121)107-62-83-64-133-54-53-131-50-49-130-51-52-132-55-56-134-83)58-88(114)76-37-39-78(40-38-76)98(120)81(36-33-74-31-27-69(8)28-32-74)65-136(126,127)84-44-29-70(9)30-45-84/h18-20,23-24,27-32,34-35,37-40,42-45,66-68,71-73,79-81,83,85-86,91,94-97,99,119H,17,21-22,25-26,33,36,41,46-65H2,1-16H3,(H,107,121)(H,108,122)(H,109,117)(H3,105,106,124)/t71-,72-,73-,79+,80+,81?,83?,85-,86-,91+,94-,95-,96-,97+,99+/m0/s1. The van der Waals surface area contributed by atoms with Gasteiger partial charge in [0.05, 0.1) is 125 Å². The van der Waals surface area contributed by atoms with E-state index in [9.17, 15) is 66.3 Å². The number of sulfone groups is 1. The number of anilines is 1. The Balaban J connectivity index is 0.986. The van der Waals surface area contributed by atoms with E-state index in [0.717, 1.165) is 22.3 Å². The number of aliphatic hydroxyl groups is 1. The van der Waals surface area contributed by atoms with Gasteiger partial charge in [0.1, 0.15) is 12.4 Å². The number of nitrogens with one attached hydrogen (secondary N) is 4. The summed E-state index contributed by atoms with van der Waals surface area (Å²) in [4.78, 5) is 176. The molecule has 2 unspecified atom stereocenters. The predicted molar refractivity (Wildman–Crippen MR) is 517 cm³/mol. The van der Waals surface area contributed by atoms with Crippen LogP contribution in [-0.4, -0.2) is 254 Å². The van der Waals surface area contributed by atoms with Crippen LogP contribution in [0.2, 0.25) is 0 Å². The number of methoxy groups -OCH3 is 2. The fourth-order valence-corrected chi connectivity index (χ4v) is 19.4. The highest BCUT2D eigenvalue weighted by Gasteiger charge is 2.45. The Morgan fingerprint density at radius 3 is 1.78 bits per heavy atom. The number of amides is 8. The Bertz CT molecular complexity index is 4740. The molecule has 32 heteroatoms. The molecule has 0 saturated carbocycles. The lowest BCUT2D eigenvalue weighted by Crippen LogP contribution is -2.54. The molecule has 2 aliphatic rings. The predicted octanol–water partition coefficient (Wildman–Crippen LogP) is 12.6. The van der Waals surface area contributed by atoms with Crippen molar-refractivity contribution in [2.45, 2.75) is 233 Å². The summed E-state index contributed by atoms with van der Waals surface area (Å²) in [6.45, 7) is 24.7. The molecule has 0 aliphatic carbocycles. The highest BCUT2D eigenvalue weighted by atomic mass is 32.2. The van der Waals surface area contributed by atoms with E-state index in [1.807, 2.05) is 110 Å². The molecular formula is C104H150N8O23S. The minimum Gasteiger partial charge on any atom is -0.445 e. The zero-order valence-corrected chi connectivity index (χ0v) is 83.4. The molecule has 750 valence electrons. The van der Waals surface area contributed by atoms with Gasteiger partial charge in [0.25, 0.3) is 0 Å². The first-order valence-corrected chi connectivity index (χ1v) is 49.7. The average molecular weight is 1910 g/mol. The average Bonchev–Trinajstić information content (AvgIpc) is 0.917. The topological polar surface area (TPSA) is 417 Å². The van der Waals surface area contributed by atoms with Crippen molar-refractivity contribution >= 4 is 86.1 Å². The van der Waals surface area contributed by atoms with E-state index in [4.69, 9.17) is 43.6 Å². The van der Waals surface area contributed by atoms with Crippen LogP contribution in [-0.2, 0) is 99.1 Å².